The third kappa shape index (κ3) is 21.8. The van der Waals surface area contributed by atoms with Crippen LogP contribution >= 0.6 is 0 Å². The zero-order chi connectivity index (χ0) is 46.3. The van der Waals surface area contributed by atoms with Crippen LogP contribution in [0.2, 0.25) is 0 Å². The largest absolute Gasteiger partial charge is 0.370 e. The Morgan fingerprint density at radius 1 is 0.613 bits per heavy atom. The minimum absolute atomic E-state index is 0.0370. The fourth-order valence-electron chi connectivity index (χ4n) is 6.88. The number of carbonyl (C=O) groups is 6. The van der Waals surface area contributed by atoms with E-state index >= 15 is 0 Å². The second-order valence-corrected chi connectivity index (χ2v) is 14.9. The summed E-state index contributed by atoms with van der Waals surface area (Å²) in [6.07, 6.45) is 8.37. The van der Waals surface area contributed by atoms with Gasteiger partial charge in [0.15, 0.2) is 11.9 Å². The lowest BCUT2D eigenvalue weighted by Crippen LogP contribution is -2.56. The van der Waals surface area contributed by atoms with Gasteiger partial charge in [0, 0.05) is 89.9 Å². The van der Waals surface area contributed by atoms with Gasteiger partial charge in [0.25, 0.3) is 0 Å². The van der Waals surface area contributed by atoms with Crippen LogP contribution in [0.15, 0.2) is 12.5 Å². The van der Waals surface area contributed by atoms with Gasteiger partial charge in [-0.05, 0) is 70.9 Å². The van der Waals surface area contributed by atoms with E-state index < -0.39 is 35.8 Å². The zero-order valence-electron chi connectivity index (χ0n) is 36.6. The Morgan fingerprint density at radius 2 is 1.13 bits per heavy atom. The van der Waals surface area contributed by atoms with Gasteiger partial charge in [-0.3, -0.25) is 39.6 Å². The smallest absolute Gasteiger partial charge is 0.243 e. The maximum atomic E-state index is 14.3. The van der Waals surface area contributed by atoms with Gasteiger partial charge < -0.3 is 75.4 Å². The molecule has 0 spiro atoms. The number of hydrogen-bond acceptors (Lipinski definition) is 12. The van der Waals surface area contributed by atoms with Gasteiger partial charge in [-0.15, -0.1) is 0 Å². The Kier molecular flexibility index (Phi) is 28.3. The number of imidazole rings is 1. The van der Waals surface area contributed by atoms with Crippen molar-refractivity contribution in [3.8, 4) is 0 Å². The predicted octanol–water partition coefficient (Wildman–Crippen LogP) is -2.81. The summed E-state index contributed by atoms with van der Waals surface area (Å²) in [6.45, 7) is 3.25. The quantitative estimate of drug-likeness (QED) is 0.0186. The van der Waals surface area contributed by atoms with Crippen LogP contribution in [0.1, 0.15) is 96.1 Å². The van der Waals surface area contributed by atoms with Gasteiger partial charge in [-0.2, -0.15) is 0 Å². The molecule has 352 valence electrons. The summed E-state index contributed by atoms with van der Waals surface area (Å²) in [5, 5.41) is 25.9. The second kappa shape index (κ2) is 32.2. The Morgan fingerprint density at radius 3 is 1.65 bits per heavy atom. The van der Waals surface area contributed by atoms with Crippen LogP contribution in [0, 0.1) is 10.8 Å². The molecule has 0 radical (unpaired) electrons. The van der Waals surface area contributed by atoms with Gasteiger partial charge in [0.05, 0.1) is 6.33 Å². The highest BCUT2D eigenvalue weighted by atomic mass is 16.2. The number of nitrogens with one attached hydrogen (secondary N) is 7. The van der Waals surface area contributed by atoms with Crippen LogP contribution in [0.4, 0.5) is 0 Å². The molecule has 3 unspecified atom stereocenters. The minimum Gasteiger partial charge on any atom is -0.370 e. The first-order chi connectivity index (χ1) is 29.7. The third-order valence-electron chi connectivity index (χ3n) is 10.1. The average Bonchev–Trinajstić information content (AvgIpc) is 3.75. The van der Waals surface area contributed by atoms with Crippen LogP contribution in [-0.4, -0.2) is 156 Å². The topological polar surface area (TPSA) is 393 Å². The molecule has 1 aromatic heterocycles. The molecule has 0 aliphatic rings. The SMILES string of the molecule is CCC(=O)N(CCN)C(CCCNC(=N)N)C(=O)NCCN(C(=O)CCCCCN)C(Cc1cnc[nH]1)C(=O)NCCN(C(=O)CCCCNC(=N)N)C(CCCCN)C(N)=O. The number of nitrogens with zero attached hydrogens (tertiary/aromatic N) is 4. The molecule has 1 rings (SSSR count). The molecule has 19 N–H and O–H groups in total. The van der Waals surface area contributed by atoms with Crippen molar-refractivity contribution >= 4 is 47.4 Å². The van der Waals surface area contributed by atoms with E-state index in [1.807, 2.05) is 0 Å². The molecule has 0 aliphatic heterocycles. The van der Waals surface area contributed by atoms with Crippen molar-refractivity contribution in [1.29, 1.82) is 10.8 Å². The molecular weight excluding hydrogens is 803 g/mol. The van der Waals surface area contributed by atoms with E-state index in [-0.39, 0.29) is 107 Å². The Balaban J connectivity index is 3.40. The Hall–Kier alpha value is -5.55. The summed E-state index contributed by atoms with van der Waals surface area (Å²) >= 11 is 0. The highest BCUT2D eigenvalue weighted by Crippen LogP contribution is 2.15. The first-order valence-corrected chi connectivity index (χ1v) is 21.7. The molecule has 0 aromatic carbocycles. The van der Waals surface area contributed by atoms with Gasteiger partial charge in [-0.25, -0.2) is 4.98 Å². The molecule has 6 amide bonds. The number of aromatic nitrogens is 2. The lowest BCUT2D eigenvalue weighted by atomic mass is 10.1. The first-order valence-electron chi connectivity index (χ1n) is 21.7. The second-order valence-electron chi connectivity index (χ2n) is 14.9. The monoisotopic (exact) mass is 878 g/mol. The highest BCUT2D eigenvalue weighted by molar-refractivity contribution is 5.89. The number of hydrogen-bond donors (Lipinski definition) is 13. The van der Waals surface area contributed by atoms with E-state index in [0.717, 1.165) is 0 Å². The van der Waals surface area contributed by atoms with Crippen molar-refractivity contribution in [2.75, 3.05) is 65.4 Å². The summed E-state index contributed by atoms with van der Waals surface area (Å²) in [4.78, 5) is 92.6. The molecule has 0 saturated carbocycles. The van der Waals surface area contributed by atoms with Crippen LogP contribution < -0.4 is 55.7 Å². The summed E-state index contributed by atoms with van der Waals surface area (Å²) in [7, 11) is 0. The molecule has 0 aliphatic carbocycles. The molecule has 62 heavy (non-hydrogen) atoms. The molecule has 3 atom stereocenters. The van der Waals surface area contributed by atoms with Crippen molar-refractivity contribution in [1.82, 2.24) is 45.9 Å². The van der Waals surface area contributed by atoms with Crippen LogP contribution in [0.3, 0.4) is 0 Å². The number of guanidine groups is 2. The number of primary amides is 1. The molecule has 0 fully saturated rings. The van der Waals surface area contributed by atoms with Gasteiger partial charge in [-0.1, -0.05) is 13.3 Å². The molecule has 0 bridgehead atoms. The summed E-state index contributed by atoms with van der Waals surface area (Å²) in [5.74, 6) is -3.03. The maximum Gasteiger partial charge on any atom is 0.243 e. The number of rotatable bonds is 35. The molecule has 0 saturated heterocycles. The van der Waals surface area contributed by atoms with E-state index in [2.05, 4.69) is 31.2 Å². The van der Waals surface area contributed by atoms with E-state index in [4.69, 9.17) is 45.2 Å². The van der Waals surface area contributed by atoms with E-state index in [0.29, 0.717) is 83.2 Å². The highest BCUT2D eigenvalue weighted by Gasteiger charge is 2.33. The normalized spacial score (nSPS) is 12.3. The molecule has 23 nitrogen and oxygen atoms in total. The van der Waals surface area contributed by atoms with E-state index in [1.165, 1.54) is 21.0 Å². The lowest BCUT2D eigenvalue weighted by molar-refractivity contribution is -0.142. The third-order valence-corrected chi connectivity index (χ3v) is 10.1. The Labute approximate surface area is 365 Å². The molecule has 1 aromatic rings. The van der Waals surface area contributed by atoms with Crippen molar-refractivity contribution < 1.29 is 28.8 Å². The number of amides is 6. The van der Waals surface area contributed by atoms with Crippen molar-refractivity contribution in [3.63, 3.8) is 0 Å². The van der Waals surface area contributed by atoms with Crippen molar-refractivity contribution in [2.45, 2.75) is 115 Å². The number of nitrogens with two attached hydrogens (primary N) is 6. The Bertz CT molecular complexity index is 1510. The molecule has 1 heterocycles. The molecule has 23 heteroatoms. The fourth-order valence-corrected chi connectivity index (χ4v) is 6.88. The van der Waals surface area contributed by atoms with Crippen LogP contribution in [-0.2, 0) is 35.2 Å². The van der Waals surface area contributed by atoms with Crippen LogP contribution in [0.25, 0.3) is 0 Å². The first kappa shape index (κ1) is 54.5. The fraction of sp³-hybridized carbons (Fsp3) is 0.718. The predicted molar refractivity (Wildman–Crippen MR) is 237 cm³/mol. The zero-order valence-corrected chi connectivity index (χ0v) is 36.6. The number of unbranched alkanes of at least 4 members (excludes halogenated alkanes) is 4. The maximum absolute atomic E-state index is 14.3. The van der Waals surface area contributed by atoms with Gasteiger partial charge in [0.1, 0.15) is 18.1 Å². The lowest BCUT2D eigenvalue weighted by Gasteiger charge is -2.33. The number of aromatic amines is 1. The molecular formula is C39H75N17O6. The van der Waals surface area contributed by atoms with Crippen molar-refractivity contribution in [2.24, 2.45) is 34.4 Å². The standard InChI is InChI=1S/C39H75N17O6/c1-2-32(57)54(22-17-42)30(12-10-19-52-39(46)47)36(61)49-21-24-56(34(59)13-4-3-7-15-40)31(25-28-26-48-27-53-28)37(62)50-20-23-55(29(35(43)60)11-5-8-16-41)33(58)14-6-9-18-51-38(44)45/h26-27,29-31H,2-25,40-42H2,1H3,(H2,43,60)(H,48,53)(H,49,61)(H,50,62)(H4,44,45,51)(H4,46,47,52). The summed E-state index contributed by atoms with van der Waals surface area (Å²) in [6, 6.07) is -2.93. The van der Waals surface area contributed by atoms with Crippen molar-refractivity contribution in [3.05, 3.63) is 18.2 Å². The number of H-pyrrole nitrogens is 1. The van der Waals surface area contributed by atoms with E-state index in [1.54, 1.807) is 13.1 Å². The summed E-state index contributed by atoms with van der Waals surface area (Å²) in [5.41, 5.74) is 34.3. The van der Waals surface area contributed by atoms with Gasteiger partial charge >= 0.3 is 0 Å². The van der Waals surface area contributed by atoms with Gasteiger partial charge in [0.2, 0.25) is 35.4 Å². The number of carbonyl (C=O) groups excluding carboxylic acids is 6. The van der Waals surface area contributed by atoms with E-state index in [9.17, 15) is 28.8 Å². The van der Waals surface area contributed by atoms with Crippen LogP contribution in [0.5, 0.6) is 0 Å². The minimum atomic E-state index is -1.09. The average molecular weight is 878 g/mol. The summed E-state index contributed by atoms with van der Waals surface area (Å²) < 4.78 is 0.